The SMILES string of the molecule is C#CCNC(=O)C1(c2ccc(F)cc2)CC1. The lowest BCUT2D eigenvalue weighted by Crippen LogP contribution is -2.34. The van der Waals surface area contributed by atoms with Crippen LogP contribution >= 0.6 is 0 Å². The Morgan fingerprint density at radius 3 is 2.56 bits per heavy atom. The molecule has 0 spiro atoms. The fourth-order valence-corrected chi connectivity index (χ4v) is 1.84. The standard InChI is InChI=1S/C13H12FNO/c1-2-9-15-12(16)13(7-8-13)10-3-5-11(14)6-4-10/h1,3-6H,7-9H2,(H,15,16). The second kappa shape index (κ2) is 3.97. The topological polar surface area (TPSA) is 29.1 Å². The molecule has 1 aromatic carbocycles. The average molecular weight is 217 g/mol. The molecule has 1 amide bonds. The molecule has 1 saturated carbocycles. The molecule has 0 aromatic heterocycles. The lowest BCUT2D eigenvalue weighted by Gasteiger charge is -2.14. The van der Waals surface area contributed by atoms with E-state index in [2.05, 4.69) is 11.2 Å². The van der Waals surface area contributed by atoms with Crippen molar-refractivity contribution >= 4 is 5.91 Å². The van der Waals surface area contributed by atoms with Gasteiger partial charge >= 0.3 is 0 Å². The molecule has 0 saturated heterocycles. The summed E-state index contributed by atoms with van der Waals surface area (Å²) in [4.78, 5) is 11.9. The summed E-state index contributed by atoms with van der Waals surface area (Å²) in [5.41, 5.74) is 0.397. The second-order valence-corrected chi connectivity index (χ2v) is 3.98. The first-order valence-electron chi connectivity index (χ1n) is 5.17. The predicted octanol–water partition coefficient (Wildman–Crippen LogP) is 1.61. The number of benzene rings is 1. The summed E-state index contributed by atoms with van der Waals surface area (Å²) in [5, 5.41) is 2.68. The van der Waals surface area contributed by atoms with Crippen LogP contribution in [0, 0.1) is 18.2 Å². The van der Waals surface area contributed by atoms with E-state index in [9.17, 15) is 9.18 Å². The Balaban J connectivity index is 2.17. The first-order valence-corrected chi connectivity index (χ1v) is 5.17. The minimum absolute atomic E-state index is 0.0583. The number of halogens is 1. The molecule has 0 unspecified atom stereocenters. The minimum Gasteiger partial charge on any atom is -0.344 e. The summed E-state index contributed by atoms with van der Waals surface area (Å²) < 4.78 is 12.8. The summed E-state index contributed by atoms with van der Waals surface area (Å²) in [6.07, 6.45) is 6.69. The molecule has 82 valence electrons. The smallest absolute Gasteiger partial charge is 0.231 e. The molecule has 2 nitrogen and oxygen atoms in total. The van der Waals surface area contributed by atoms with Crippen molar-refractivity contribution < 1.29 is 9.18 Å². The highest BCUT2D eigenvalue weighted by Crippen LogP contribution is 2.48. The first kappa shape index (κ1) is 10.7. The monoisotopic (exact) mass is 217 g/mol. The van der Waals surface area contributed by atoms with E-state index in [1.807, 2.05) is 0 Å². The Hall–Kier alpha value is -1.82. The van der Waals surface area contributed by atoms with Gasteiger partial charge in [-0.15, -0.1) is 6.42 Å². The number of hydrogen-bond donors (Lipinski definition) is 1. The number of rotatable bonds is 3. The van der Waals surface area contributed by atoms with Crippen LogP contribution in [-0.4, -0.2) is 12.5 Å². The Bertz CT molecular complexity index is 440. The third kappa shape index (κ3) is 1.79. The normalized spacial score (nSPS) is 16.2. The third-order valence-electron chi connectivity index (χ3n) is 2.93. The molecule has 0 radical (unpaired) electrons. The zero-order valence-corrected chi connectivity index (χ0v) is 8.79. The number of carbonyl (C=O) groups excluding carboxylic acids is 1. The van der Waals surface area contributed by atoms with Gasteiger partial charge in [0, 0.05) is 0 Å². The van der Waals surface area contributed by atoms with Crippen LogP contribution in [0.15, 0.2) is 24.3 Å². The van der Waals surface area contributed by atoms with Gasteiger partial charge < -0.3 is 5.32 Å². The molecule has 3 heteroatoms. The van der Waals surface area contributed by atoms with Crippen molar-refractivity contribution in [2.75, 3.05) is 6.54 Å². The zero-order chi connectivity index (χ0) is 11.6. The van der Waals surface area contributed by atoms with Gasteiger partial charge in [-0.2, -0.15) is 0 Å². The maximum atomic E-state index is 12.8. The number of hydrogen-bond acceptors (Lipinski definition) is 1. The fourth-order valence-electron chi connectivity index (χ4n) is 1.84. The van der Waals surface area contributed by atoms with Gasteiger partial charge in [0.15, 0.2) is 0 Å². The van der Waals surface area contributed by atoms with Crippen LogP contribution < -0.4 is 5.32 Å². The summed E-state index contributed by atoms with van der Waals surface area (Å²) in [6, 6.07) is 6.09. The molecule has 0 atom stereocenters. The zero-order valence-electron chi connectivity index (χ0n) is 8.79. The Morgan fingerprint density at radius 1 is 1.44 bits per heavy atom. The Labute approximate surface area is 93.9 Å². The highest BCUT2D eigenvalue weighted by molar-refractivity contribution is 5.91. The highest BCUT2D eigenvalue weighted by atomic mass is 19.1. The van der Waals surface area contributed by atoms with E-state index >= 15 is 0 Å². The summed E-state index contributed by atoms with van der Waals surface area (Å²) in [7, 11) is 0. The van der Waals surface area contributed by atoms with E-state index in [1.54, 1.807) is 12.1 Å². The van der Waals surface area contributed by atoms with Crippen LogP contribution in [0.25, 0.3) is 0 Å². The molecule has 1 aromatic rings. The lowest BCUT2D eigenvalue weighted by atomic mass is 9.95. The maximum Gasteiger partial charge on any atom is 0.231 e. The largest absolute Gasteiger partial charge is 0.344 e. The molecule has 16 heavy (non-hydrogen) atoms. The van der Waals surface area contributed by atoms with E-state index < -0.39 is 5.41 Å². The number of carbonyl (C=O) groups is 1. The summed E-state index contributed by atoms with van der Waals surface area (Å²) in [5.74, 6) is 2.02. The van der Waals surface area contributed by atoms with Gasteiger partial charge in [-0.05, 0) is 30.5 Å². The molecule has 1 N–H and O–H groups in total. The van der Waals surface area contributed by atoms with Crippen LogP contribution in [-0.2, 0) is 10.2 Å². The van der Waals surface area contributed by atoms with Crippen molar-refractivity contribution in [1.29, 1.82) is 0 Å². The summed E-state index contributed by atoms with van der Waals surface area (Å²) >= 11 is 0. The average Bonchev–Trinajstić information content (AvgIpc) is 3.08. The van der Waals surface area contributed by atoms with Crippen LogP contribution in [0.2, 0.25) is 0 Å². The predicted molar refractivity (Wildman–Crippen MR) is 59.2 cm³/mol. The van der Waals surface area contributed by atoms with Crippen LogP contribution in [0.3, 0.4) is 0 Å². The molecule has 0 heterocycles. The lowest BCUT2D eigenvalue weighted by molar-refractivity contribution is -0.123. The van der Waals surface area contributed by atoms with Gasteiger partial charge in [0.25, 0.3) is 0 Å². The maximum absolute atomic E-state index is 12.8. The summed E-state index contributed by atoms with van der Waals surface area (Å²) in [6.45, 7) is 0.238. The van der Waals surface area contributed by atoms with E-state index in [1.165, 1.54) is 12.1 Å². The molecule has 0 bridgehead atoms. The molecule has 1 aliphatic carbocycles. The first-order chi connectivity index (χ1) is 7.69. The quantitative estimate of drug-likeness (QED) is 0.766. The minimum atomic E-state index is -0.468. The van der Waals surface area contributed by atoms with E-state index in [0.717, 1.165) is 18.4 Å². The van der Waals surface area contributed by atoms with Crippen molar-refractivity contribution in [1.82, 2.24) is 5.32 Å². The molecular weight excluding hydrogens is 205 g/mol. The number of amides is 1. The Morgan fingerprint density at radius 2 is 2.06 bits per heavy atom. The van der Waals surface area contributed by atoms with Crippen LogP contribution in [0.1, 0.15) is 18.4 Å². The van der Waals surface area contributed by atoms with Crippen molar-refractivity contribution in [3.63, 3.8) is 0 Å². The van der Waals surface area contributed by atoms with Gasteiger partial charge in [-0.1, -0.05) is 18.1 Å². The number of terminal acetylenes is 1. The molecule has 1 aliphatic rings. The van der Waals surface area contributed by atoms with E-state index in [-0.39, 0.29) is 18.3 Å². The van der Waals surface area contributed by atoms with E-state index in [0.29, 0.717) is 0 Å². The molecule has 1 fully saturated rings. The van der Waals surface area contributed by atoms with Crippen LogP contribution in [0.4, 0.5) is 4.39 Å². The highest BCUT2D eigenvalue weighted by Gasteiger charge is 2.50. The van der Waals surface area contributed by atoms with Gasteiger partial charge in [0.1, 0.15) is 5.82 Å². The van der Waals surface area contributed by atoms with Gasteiger partial charge in [0.05, 0.1) is 12.0 Å². The number of nitrogens with one attached hydrogen (secondary N) is 1. The Kier molecular flexibility index (Phi) is 2.66. The van der Waals surface area contributed by atoms with Gasteiger partial charge in [-0.3, -0.25) is 4.79 Å². The van der Waals surface area contributed by atoms with Crippen molar-refractivity contribution in [2.45, 2.75) is 18.3 Å². The van der Waals surface area contributed by atoms with Crippen molar-refractivity contribution in [3.05, 3.63) is 35.6 Å². The molecule has 2 rings (SSSR count). The molecule has 0 aliphatic heterocycles. The van der Waals surface area contributed by atoms with Gasteiger partial charge in [0.2, 0.25) is 5.91 Å². The van der Waals surface area contributed by atoms with Crippen molar-refractivity contribution in [3.8, 4) is 12.3 Å². The van der Waals surface area contributed by atoms with Gasteiger partial charge in [-0.25, -0.2) is 4.39 Å². The van der Waals surface area contributed by atoms with E-state index in [4.69, 9.17) is 6.42 Å². The molecular formula is C13H12FNO. The van der Waals surface area contributed by atoms with Crippen LogP contribution in [0.5, 0.6) is 0 Å². The third-order valence-corrected chi connectivity index (χ3v) is 2.93. The van der Waals surface area contributed by atoms with Crippen molar-refractivity contribution in [2.24, 2.45) is 0 Å². The fraction of sp³-hybridized carbons (Fsp3) is 0.308. The second-order valence-electron chi connectivity index (χ2n) is 3.98.